The van der Waals surface area contributed by atoms with Gasteiger partial charge in [-0.15, -0.1) is 0 Å². The summed E-state index contributed by atoms with van der Waals surface area (Å²) in [5.74, 6) is 0. The largest absolute Gasteiger partial charge is 0.468 e. The summed E-state index contributed by atoms with van der Waals surface area (Å²) in [7, 11) is -1.21. The molecule has 4 nitrogen and oxygen atoms in total. The molecular weight excluding hydrogens is 236 g/mol. The molecule has 0 amide bonds. The van der Waals surface area contributed by atoms with Gasteiger partial charge in [0.15, 0.2) is 0 Å². The van der Waals surface area contributed by atoms with Crippen LogP contribution in [0.3, 0.4) is 0 Å². The lowest BCUT2D eigenvalue weighted by molar-refractivity contribution is 0.579. The minimum absolute atomic E-state index is 0.607. The number of rotatable bonds is 4. The first-order chi connectivity index (χ1) is 7.86. The SMILES string of the molecule is O=[Si]Nc1cccc2cccc(N[Si]=O)c12. The maximum Gasteiger partial charge on any atom is 0.468 e. The Labute approximate surface area is 97.0 Å². The quantitative estimate of drug-likeness (QED) is 0.802. The molecule has 6 heteroatoms. The van der Waals surface area contributed by atoms with E-state index in [9.17, 15) is 8.92 Å². The molecule has 2 radical (unpaired) electrons. The van der Waals surface area contributed by atoms with Gasteiger partial charge in [-0.2, -0.15) is 0 Å². The molecule has 0 atom stereocenters. The Hall–Kier alpha value is -1.67. The van der Waals surface area contributed by atoms with E-state index in [4.69, 9.17) is 0 Å². The van der Waals surface area contributed by atoms with Crippen LogP contribution in [0.5, 0.6) is 0 Å². The van der Waals surface area contributed by atoms with Crippen LogP contribution < -0.4 is 9.96 Å². The van der Waals surface area contributed by atoms with Crippen LogP contribution in [0.4, 0.5) is 11.4 Å². The lowest BCUT2D eigenvalue weighted by Crippen LogP contribution is -2.01. The molecule has 16 heavy (non-hydrogen) atoms. The van der Waals surface area contributed by atoms with E-state index in [0.717, 1.165) is 22.1 Å². The molecule has 0 saturated heterocycles. The fraction of sp³-hybridized carbons (Fsp3) is 0. The van der Waals surface area contributed by atoms with Crippen molar-refractivity contribution < 1.29 is 8.92 Å². The average Bonchev–Trinajstić information content (AvgIpc) is 2.30. The highest BCUT2D eigenvalue weighted by molar-refractivity contribution is 6.28. The number of hydrogen-bond acceptors (Lipinski definition) is 2. The summed E-state index contributed by atoms with van der Waals surface area (Å²) in [5, 5.41) is 1.91. The maximum absolute atomic E-state index is 10.6. The van der Waals surface area contributed by atoms with E-state index in [-0.39, 0.29) is 0 Å². The molecule has 2 N–H and O–H groups in total. The van der Waals surface area contributed by atoms with Crippen LogP contribution in [-0.4, -0.2) is 19.1 Å². The molecule has 0 saturated carbocycles. The van der Waals surface area contributed by atoms with Gasteiger partial charge in [0.05, 0.1) is 0 Å². The van der Waals surface area contributed by atoms with Gasteiger partial charge in [0.25, 0.3) is 0 Å². The van der Waals surface area contributed by atoms with Crippen molar-refractivity contribution in [1.29, 1.82) is 0 Å². The summed E-state index contributed by atoms with van der Waals surface area (Å²) in [6.07, 6.45) is 0. The summed E-state index contributed by atoms with van der Waals surface area (Å²) in [5.41, 5.74) is 1.54. The first-order valence-corrected chi connectivity index (χ1v) is 6.46. The van der Waals surface area contributed by atoms with Crippen molar-refractivity contribution in [3.63, 3.8) is 0 Å². The molecule has 78 valence electrons. The first-order valence-electron chi connectivity index (χ1n) is 4.65. The predicted molar refractivity (Wildman–Crippen MR) is 64.1 cm³/mol. The Morgan fingerprint density at radius 3 is 1.75 bits per heavy atom. The number of nitrogens with one attached hydrogen (secondary N) is 2. The molecule has 0 fully saturated rings. The average molecular weight is 244 g/mol. The van der Waals surface area contributed by atoms with E-state index in [1.807, 2.05) is 36.4 Å². The fourth-order valence-electron chi connectivity index (χ4n) is 1.66. The van der Waals surface area contributed by atoms with Gasteiger partial charge in [-0.1, -0.05) is 24.3 Å². The van der Waals surface area contributed by atoms with Gasteiger partial charge in [0.2, 0.25) is 0 Å². The number of fused-ring (bicyclic) bond motifs is 1. The molecule has 0 spiro atoms. The number of hydrogen-bond donors (Lipinski definition) is 2. The van der Waals surface area contributed by atoms with E-state index in [1.54, 1.807) is 0 Å². The molecule has 2 aromatic rings. The normalized spacial score (nSPS) is 9.75. The second-order valence-electron chi connectivity index (χ2n) is 3.16. The Balaban J connectivity index is 2.70. The fourth-order valence-corrected chi connectivity index (χ4v) is 2.30. The second kappa shape index (κ2) is 4.91. The van der Waals surface area contributed by atoms with Gasteiger partial charge in [-0.25, -0.2) is 0 Å². The minimum atomic E-state index is -0.607. The smallest absolute Gasteiger partial charge is 0.357 e. The third-order valence-corrected chi connectivity index (χ3v) is 3.02. The van der Waals surface area contributed by atoms with E-state index in [1.165, 1.54) is 0 Å². The zero-order chi connectivity index (χ0) is 11.4. The lowest BCUT2D eigenvalue weighted by atomic mass is 10.1. The van der Waals surface area contributed by atoms with Crippen LogP contribution in [0.2, 0.25) is 0 Å². The van der Waals surface area contributed by atoms with Crippen LogP contribution in [-0.2, 0) is 8.92 Å². The Morgan fingerprint density at radius 2 is 1.31 bits per heavy atom. The molecule has 2 rings (SSSR count). The molecule has 0 aromatic heterocycles. The monoisotopic (exact) mass is 244 g/mol. The summed E-state index contributed by atoms with van der Waals surface area (Å²) >= 11 is 0. The minimum Gasteiger partial charge on any atom is -0.357 e. The third kappa shape index (κ3) is 1.97. The third-order valence-electron chi connectivity index (χ3n) is 2.28. The van der Waals surface area contributed by atoms with Crippen LogP contribution in [0, 0.1) is 0 Å². The van der Waals surface area contributed by atoms with Crippen molar-refractivity contribution in [2.24, 2.45) is 0 Å². The van der Waals surface area contributed by atoms with E-state index in [0.29, 0.717) is 0 Å². The van der Waals surface area contributed by atoms with E-state index < -0.39 is 19.1 Å². The Kier molecular flexibility index (Phi) is 3.32. The zero-order valence-corrected chi connectivity index (χ0v) is 10.3. The van der Waals surface area contributed by atoms with Crippen molar-refractivity contribution >= 4 is 41.3 Å². The van der Waals surface area contributed by atoms with Crippen molar-refractivity contribution in [3.8, 4) is 0 Å². The first kappa shape index (κ1) is 10.8. The highest BCUT2D eigenvalue weighted by Gasteiger charge is 2.05. The molecule has 0 aliphatic carbocycles. The van der Waals surface area contributed by atoms with E-state index >= 15 is 0 Å². The summed E-state index contributed by atoms with van der Waals surface area (Å²) in [6.45, 7) is 0. The van der Waals surface area contributed by atoms with Crippen molar-refractivity contribution in [3.05, 3.63) is 36.4 Å². The van der Waals surface area contributed by atoms with E-state index in [2.05, 4.69) is 9.96 Å². The van der Waals surface area contributed by atoms with Crippen LogP contribution in [0.1, 0.15) is 0 Å². The van der Waals surface area contributed by atoms with Crippen molar-refractivity contribution in [2.45, 2.75) is 0 Å². The van der Waals surface area contributed by atoms with Gasteiger partial charge in [0.1, 0.15) is 0 Å². The number of anilines is 2. The second-order valence-corrected chi connectivity index (χ2v) is 4.07. The van der Waals surface area contributed by atoms with Gasteiger partial charge < -0.3 is 18.9 Å². The summed E-state index contributed by atoms with van der Waals surface area (Å²) < 4.78 is 21.3. The molecule has 2 aromatic carbocycles. The van der Waals surface area contributed by atoms with Gasteiger partial charge in [0, 0.05) is 16.8 Å². The lowest BCUT2D eigenvalue weighted by Gasteiger charge is -2.09. The van der Waals surface area contributed by atoms with Gasteiger partial charge in [-0.05, 0) is 17.5 Å². The molecule has 0 heterocycles. The zero-order valence-electron chi connectivity index (χ0n) is 8.28. The van der Waals surface area contributed by atoms with Crippen molar-refractivity contribution in [1.82, 2.24) is 0 Å². The summed E-state index contributed by atoms with van der Waals surface area (Å²) in [6, 6.07) is 11.3. The Morgan fingerprint density at radius 1 is 0.812 bits per heavy atom. The van der Waals surface area contributed by atoms with Gasteiger partial charge >= 0.3 is 19.1 Å². The highest BCUT2D eigenvalue weighted by Crippen LogP contribution is 2.29. The Bertz CT molecular complexity index is 501. The van der Waals surface area contributed by atoms with Gasteiger partial charge in [-0.3, -0.25) is 0 Å². The molecule has 0 aliphatic heterocycles. The van der Waals surface area contributed by atoms with Crippen LogP contribution in [0.25, 0.3) is 10.8 Å². The highest BCUT2D eigenvalue weighted by atomic mass is 28.2. The molecular formula is C10H8N2O2Si2. The number of benzene rings is 2. The molecule has 0 unspecified atom stereocenters. The summed E-state index contributed by atoms with van der Waals surface area (Å²) in [4.78, 5) is 5.57. The van der Waals surface area contributed by atoms with Crippen molar-refractivity contribution in [2.75, 3.05) is 9.96 Å². The van der Waals surface area contributed by atoms with Crippen LogP contribution >= 0.6 is 0 Å². The standard InChI is InChI=1S/C10H8N2O2Si2/c13-15-11-8-5-1-3-7-4-2-6-9(10(7)8)12-16-14/h1-6,11-12H. The molecule has 0 aliphatic rings. The maximum atomic E-state index is 10.6. The molecule has 0 bridgehead atoms. The predicted octanol–water partition coefficient (Wildman–Crippen LogP) is 1.59. The topological polar surface area (TPSA) is 58.2 Å². The van der Waals surface area contributed by atoms with Crippen LogP contribution in [0.15, 0.2) is 36.4 Å².